The van der Waals surface area contributed by atoms with E-state index < -0.39 is 25.9 Å². The normalized spacial score (nSPS) is 21.3. The summed E-state index contributed by atoms with van der Waals surface area (Å²) in [4.78, 5) is -0.0707. The molecule has 0 saturated carbocycles. The second-order valence-corrected chi connectivity index (χ2v) is 8.96. The van der Waals surface area contributed by atoms with Crippen molar-refractivity contribution in [3.63, 3.8) is 0 Å². The monoisotopic (exact) mass is 328 g/mol. The van der Waals surface area contributed by atoms with Gasteiger partial charge in [-0.2, -0.15) is 9.57 Å². The molecule has 1 aromatic rings. The third-order valence-electron chi connectivity index (χ3n) is 3.52. The van der Waals surface area contributed by atoms with E-state index in [9.17, 15) is 16.8 Å². The lowest BCUT2D eigenvalue weighted by Gasteiger charge is -2.26. The minimum atomic E-state index is -3.88. The second kappa shape index (κ2) is 5.75. The number of hydrogen-bond donors (Lipinski definition) is 0. The number of sulfonamides is 1. The van der Waals surface area contributed by atoms with Crippen molar-refractivity contribution in [2.24, 2.45) is 0 Å². The number of hydrogen-bond acceptors (Lipinski definition) is 5. The molecule has 0 aromatic heterocycles. The maximum atomic E-state index is 12.7. The van der Waals surface area contributed by atoms with Crippen LogP contribution in [0.4, 0.5) is 0 Å². The largest absolute Gasteiger partial charge is 0.244 e. The van der Waals surface area contributed by atoms with Crippen molar-refractivity contribution < 1.29 is 16.8 Å². The lowest BCUT2D eigenvalue weighted by Crippen LogP contribution is -2.41. The third-order valence-corrected chi connectivity index (χ3v) is 7.36. The summed E-state index contributed by atoms with van der Waals surface area (Å²) in [5, 5.41) is 9.06. The van der Waals surface area contributed by atoms with E-state index in [2.05, 4.69) is 0 Å². The molecule has 1 fully saturated rings. The van der Waals surface area contributed by atoms with Gasteiger partial charge in [-0.25, -0.2) is 16.8 Å². The van der Waals surface area contributed by atoms with Gasteiger partial charge in [0.1, 0.15) is 6.07 Å². The van der Waals surface area contributed by atoms with Crippen LogP contribution >= 0.6 is 0 Å². The fraction of sp³-hybridized carbons (Fsp3) is 0.462. The molecule has 0 spiro atoms. The third kappa shape index (κ3) is 3.10. The minimum Gasteiger partial charge on any atom is -0.229 e. The average Bonchev–Trinajstić information content (AvgIpc) is 2.79. The van der Waals surface area contributed by atoms with E-state index in [0.717, 1.165) is 0 Å². The Morgan fingerprint density at radius 2 is 2.05 bits per heavy atom. The molecule has 1 heterocycles. The SMILES string of the molecule is CCN([C@@H]1CCS(=O)(=O)C1)S(=O)(=O)c1ccccc1C#N. The van der Waals surface area contributed by atoms with Gasteiger partial charge < -0.3 is 0 Å². The Bertz CT molecular complexity index is 779. The molecule has 1 aromatic carbocycles. The van der Waals surface area contributed by atoms with Crippen molar-refractivity contribution in [3.05, 3.63) is 29.8 Å². The van der Waals surface area contributed by atoms with Crippen LogP contribution in [0.5, 0.6) is 0 Å². The lowest BCUT2D eigenvalue weighted by atomic mass is 10.2. The smallest absolute Gasteiger partial charge is 0.229 e. The van der Waals surface area contributed by atoms with E-state index >= 15 is 0 Å². The van der Waals surface area contributed by atoms with Crippen molar-refractivity contribution in [1.29, 1.82) is 5.26 Å². The summed E-state index contributed by atoms with van der Waals surface area (Å²) in [7, 11) is -7.06. The molecule has 1 atom stereocenters. The highest BCUT2D eigenvalue weighted by Crippen LogP contribution is 2.26. The quantitative estimate of drug-likeness (QED) is 0.813. The van der Waals surface area contributed by atoms with Gasteiger partial charge in [0.15, 0.2) is 9.84 Å². The highest BCUT2D eigenvalue weighted by molar-refractivity contribution is 7.92. The molecular weight excluding hydrogens is 312 g/mol. The van der Waals surface area contributed by atoms with Crippen molar-refractivity contribution in [2.45, 2.75) is 24.3 Å². The molecule has 6 nitrogen and oxygen atoms in total. The van der Waals surface area contributed by atoms with E-state index in [1.807, 2.05) is 6.07 Å². The van der Waals surface area contributed by atoms with Gasteiger partial charge in [0, 0.05) is 12.6 Å². The first kappa shape index (κ1) is 15.9. The van der Waals surface area contributed by atoms with E-state index in [4.69, 9.17) is 5.26 Å². The van der Waals surface area contributed by atoms with Crippen LogP contribution in [0.15, 0.2) is 29.2 Å². The van der Waals surface area contributed by atoms with Crippen LogP contribution < -0.4 is 0 Å². The van der Waals surface area contributed by atoms with Crippen LogP contribution in [-0.4, -0.2) is 45.2 Å². The molecule has 1 aliphatic heterocycles. The molecule has 0 amide bonds. The standard InChI is InChI=1S/C13H16N2O4S2/c1-2-15(12-7-8-20(16,17)10-12)21(18,19)13-6-4-3-5-11(13)9-14/h3-6,12H,2,7-8,10H2,1H3/t12-/m1/s1. The zero-order valence-electron chi connectivity index (χ0n) is 11.6. The molecule has 0 aliphatic carbocycles. The first-order valence-electron chi connectivity index (χ1n) is 6.53. The molecule has 1 aliphatic rings. The summed E-state index contributed by atoms with van der Waals surface area (Å²) in [6.07, 6.45) is 0.296. The number of rotatable bonds is 4. The van der Waals surface area contributed by atoms with Gasteiger partial charge in [-0.05, 0) is 18.6 Å². The summed E-state index contributed by atoms with van der Waals surface area (Å²) in [6, 6.07) is 7.26. The van der Waals surface area contributed by atoms with Crippen LogP contribution in [0, 0.1) is 11.3 Å². The Labute approximate surface area is 125 Å². The summed E-state index contributed by atoms with van der Waals surface area (Å²) in [5.41, 5.74) is 0.0665. The van der Waals surface area contributed by atoms with E-state index in [1.165, 1.54) is 16.4 Å². The average molecular weight is 328 g/mol. The van der Waals surface area contributed by atoms with E-state index in [0.29, 0.717) is 6.42 Å². The van der Waals surface area contributed by atoms with Crippen molar-refractivity contribution in [2.75, 3.05) is 18.1 Å². The van der Waals surface area contributed by atoms with Crippen LogP contribution in [0.2, 0.25) is 0 Å². The summed E-state index contributed by atoms with van der Waals surface area (Å²) < 4.78 is 49.8. The Morgan fingerprint density at radius 1 is 1.38 bits per heavy atom. The Balaban J connectivity index is 2.44. The van der Waals surface area contributed by atoms with Gasteiger partial charge in [0.2, 0.25) is 10.0 Å². The summed E-state index contributed by atoms with van der Waals surface area (Å²) >= 11 is 0. The number of nitrogens with zero attached hydrogens (tertiary/aromatic N) is 2. The summed E-state index contributed by atoms with van der Waals surface area (Å²) in [6.45, 7) is 1.83. The van der Waals surface area contributed by atoms with Crippen molar-refractivity contribution in [1.82, 2.24) is 4.31 Å². The highest BCUT2D eigenvalue weighted by Gasteiger charge is 2.38. The van der Waals surface area contributed by atoms with E-state index in [-0.39, 0.29) is 28.5 Å². The maximum Gasteiger partial charge on any atom is 0.244 e. The topological polar surface area (TPSA) is 95.3 Å². The van der Waals surface area contributed by atoms with Gasteiger partial charge in [0.25, 0.3) is 0 Å². The van der Waals surface area contributed by atoms with Crippen molar-refractivity contribution >= 4 is 19.9 Å². The lowest BCUT2D eigenvalue weighted by molar-refractivity contribution is 0.354. The fourth-order valence-electron chi connectivity index (χ4n) is 2.54. The van der Waals surface area contributed by atoms with E-state index in [1.54, 1.807) is 19.1 Å². The zero-order valence-corrected chi connectivity index (χ0v) is 13.2. The molecule has 0 bridgehead atoms. The first-order valence-corrected chi connectivity index (χ1v) is 9.79. The van der Waals surface area contributed by atoms with Gasteiger partial charge >= 0.3 is 0 Å². The molecule has 0 unspecified atom stereocenters. The molecule has 0 N–H and O–H groups in total. The first-order chi connectivity index (χ1) is 9.81. The Kier molecular flexibility index (Phi) is 4.37. The molecular formula is C13H16N2O4S2. The molecule has 0 radical (unpaired) electrons. The predicted molar refractivity (Wildman–Crippen MR) is 77.8 cm³/mol. The van der Waals surface area contributed by atoms with Gasteiger partial charge in [-0.3, -0.25) is 0 Å². The Hall–Kier alpha value is -1.43. The summed E-state index contributed by atoms with van der Waals surface area (Å²) in [5.74, 6) is -0.154. The van der Waals surface area contributed by atoms with Gasteiger partial charge in [0.05, 0.1) is 22.0 Å². The number of sulfone groups is 1. The highest BCUT2D eigenvalue weighted by atomic mass is 32.2. The van der Waals surface area contributed by atoms with Gasteiger partial charge in [-0.1, -0.05) is 19.1 Å². The molecule has 21 heavy (non-hydrogen) atoms. The number of nitriles is 1. The predicted octanol–water partition coefficient (Wildman–Crippen LogP) is 0.756. The molecule has 2 rings (SSSR count). The van der Waals surface area contributed by atoms with Crippen LogP contribution in [0.25, 0.3) is 0 Å². The van der Waals surface area contributed by atoms with Crippen molar-refractivity contribution in [3.8, 4) is 6.07 Å². The van der Waals surface area contributed by atoms with Crippen LogP contribution in [-0.2, 0) is 19.9 Å². The maximum absolute atomic E-state index is 12.7. The van der Waals surface area contributed by atoms with Crippen LogP contribution in [0.1, 0.15) is 18.9 Å². The second-order valence-electron chi connectivity index (χ2n) is 4.87. The number of benzene rings is 1. The molecule has 1 saturated heterocycles. The minimum absolute atomic E-state index is 0.00356. The van der Waals surface area contributed by atoms with Crippen LogP contribution in [0.3, 0.4) is 0 Å². The zero-order chi connectivity index (χ0) is 15.7. The Morgan fingerprint density at radius 3 is 2.57 bits per heavy atom. The molecule has 114 valence electrons. The fourth-order valence-corrected chi connectivity index (χ4v) is 6.17. The molecule has 8 heteroatoms. The van der Waals surface area contributed by atoms with Gasteiger partial charge in [-0.15, -0.1) is 0 Å².